The van der Waals surface area contributed by atoms with Crippen LogP contribution >= 0.6 is 0 Å². The van der Waals surface area contributed by atoms with Crippen LogP contribution in [0.1, 0.15) is 0 Å². The monoisotopic (exact) mass is 936 g/mol. The summed E-state index contributed by atoms with van der Waals surface area (Å²) in [5, 5.41) is 12.5. The van der Waals surface area contributed by atoms with Gasteiger partial charge in [-0.3, -0.25) is 0 Å². The lowest BCUT2D eigenvalue weighted by Crippen LogP contribution is -1.91. The fraction of sp³-hybridized carbons (Fsp3) is 0. The van der Waals surface area contributed by atoms with E-state index >= 15 is 0 Å². The van der Waals surface area contributed by atoms with Gasteiger partial charge in [0.15, 0.2) is 0 Å². The number of hydrogen-bond donors (Lipinski definition) is 0. The van der Waals surface area contributed by atoms with Gasteiger partial charge in [0, 0.05) is 0 Å². The third-order valence-corrected chi connectivity index (χ3v) is 15.2. The van der Waals surface area contributed by atoms with E-state index in [0.717, 1.165) is 0 Å². The van der Waals surface area contributed by atoms with Crippen molar-refractivity contribution in [2.24, 2.45) is 0 Å². The fourth-order valence-corrected chi connectivity index (χ4v) is 11.7. The normalized spacial score (nSPS) is 11.5. The fourth-order valence-electron chi connectivity index (χ4n) is 11.7. The van der Waals surface area contributed by atoms with Gasteiger partial charge in [0.2, 0.25) is 0 Å². The molecule has 0 aliphatic heterocycles. The minimum absolute atomic E-state index is 1.20. The first-order valence-electron chi connectivity index (χ1n) is 25.6. The molecule has 0 radical (unpaired) electrons. The average molecular weight is 937 g/mol. The van der Waals surface area contributed by atoms with Crippen molar-refractivity contribution >= 4 is 53.9 Å². The maximum Gasteiger partial charge on any atom is -0.00262 e. The first-order chi connectivity index (χ1) is 36.7. The summed E-state index contributed by atoms with van der Waals surface area (Å²) < 4.78 is 0. The Morgan fingerprint density at radius 1 is 0.122 bits per heavy atom. The molecule has 0 saturated heterocycles. The standard InChI is InChI=1S/C74H48/c1-3-17-49(18-4-1)55-21-15-23-61(47-55)73-67-29-11-7-25-63(67)71(64-26-8-12-30-68(64)73)53-37-33-51(34-38-53)57-41-43-60-46-58(42-44-59(60)45-57)52-35-39-54(40-36-52)72-65-27-9-13-31-69(65)74(70-32-14-10-28-66(70)72)62-24-16-22-56(48-62)50-19-5-2-6-20-50/h1-48H. The van der Waals surface area contributed by atoms with Gasteiger partial charge in [-0.05, 0) is 167 Å². The average Bonchev–Trinajstić information content (AvgIpc) is 3.48. The number of fused-ring (bicyclic) bond motifs is 5. The lowest BCUT2D eigenvalue weighted by molar-refractivity contribution is 1.60. The summed E-state index contributed by atoms with van der Waals surface area (Å²) in [5.74, 6) is 0. The van der Waals surface area contributed by atoms with E-state index in [1.807, 2.05) is 0 Å². The van der Waals surface area contributed by atoms with Crippen molar-refractivity contribution in [2.75, 3.05) is 0 Å². The number of rotatable bonds is 8. The molecule has 14 aromatic carbocycles. The highest BCUT2D eigenvalue weighted by molar-refractivity contribution is 6.23. The Bertz CT molecular complexity index is 4030. The third-order valence-electron chi connectivity index (χ3n) is 15.2. The van der Waals surface area contributed by atoms with Crippen molar-refractivity contribution < 1.29 is 0 Å². The van der Waals surface area contributed by atoms with Crippen molar-refractivity contribution in [1.29, 1.82) is 0 Å². The van der Waals surface area contributed by atoms with Crippen LogP contribution < -0.4 is 0 Å². The topological polar surface area (TPSA) is 0 Å². The van der Waals surface area contributed by atoms with Gasteiger partial charge < -0.3 is 0 Å². The van der Waals surface area contributed by atoms with Gasteiger partial charge in [0.1, 0.15) is 0 Å². The van der Waals surface area contributed by atoms with Gasteiger partial charge in [-0.1, -0.05) is 267 Å². The predicted molar refractivity (Wildman–Crippen MR) is 317 cm³/mol. The van der Waals surface area contributed by atoms with Crippen molar-refractivity contribution in [2.45, 2.75) is 0 Å². The van der Waals surface area contributed by atoms with Crippen LogP contribution in [0.4, 0.5) is 0 Å². The van der Waals surface area contributed by atoms with Gasteiger partial charge in [0.05, 0.1) is 0 Å². The van der Waals surface area contributed by atoms with Gasteiger partial charge >= 0.3 is 0 Å². The second-order valence-electron chi connectivity index (χ2n) is 19.5. The van der Waals surface area contributed by atoms with E-state index in [-0.39, 0.29) is 0 Å². The maximum atomic E-state index is 2.34. The summed E-state index contributed by atoms with van der Waals surface area (Å²) in [4.78, 5) is 0. The Kier molecular flexibility index (Phi) is 10.6. The maximum absolute atomic E-state index is 2.34. The Morgan fingerprint density at radius 3 is 0.662 bits per heavy atom. The van der Waals surface area contributed by atoms with Crippen LogP contribution in [0.3, 0.4) is 0 Å². The Labute approximate surface area is 431 Å². The summed E-state index contributed by atoms with van der Waals surface area (Å²) >= 11 is 0. The third kappa shape index (κ3) is 7.55. The van der Waals surface area contributed by atoms with E-state index in [9.17, 15) is 0 Å². The minimum Gasteiger partial charge on any atom is -0.0622 e. The van der Waals surface area contributed by atoms with Gasteiger partial charge in [-0.25, -0.2) is 0 Å². The molecule has 0 nitrogen and oxygen atoms in total. The zero-order valence-electron chi connectivity index (χ0n) is 40.7. The molecule has 0 fully saturated rings. The largest absolute Gasteiger partial charge is 0.0622 e. The van der Waals surface area contributed by atoms with Crippen molar-refractivity contribution in [3.63, 3.8) is 0 Å². The molecule has 0 aliphatic carbocycles. The van der Waals surface area contributed by atoms with Crippen LogP contribution in [-0.2, 0) is 0 Å². The second kappa shape index (κ2) is 18.2. The van der Waals surface area contributed by atoms with Gasteiger partial charge in [0.25, 0.3) is 0 Å². The summed E-state index contributed by atoms with van der Waals surface area (Å²) in [6.45, 7) is 0. The van der Waals surface area contributed by atoms with Crippen molar-refractivity contribution in [3.8, 4) is 89.0 Å². The highest BCUT2D eigenvalue weighted by Crippen LogP contribution is 2.47. The molecule has 0 aliphatic rings. The molecule has 344 valence electrons. The summed E-state index contributed by atoms with van der Waals surface area (Å²) in [6, 6.07) is 107. The molecular weight excluding hydrogens is 889 g/mol. The van der Waals surface area contributed by atoms with Crippen molar-refractivity contribution in [3.05, 3.63) is 291 Å². The molecule has 0 N–H and O–H groups in total. The summed E-state index contributed by atoms with van der Waals surface area (Å²) in [5.41, 5.74) is 19.7. The van der Waals surface area contributed by atoms with E-state index in [4.69, 9.17) is 0 Å². The smallest absolute Gasteiger partial charge is 0.00262 e. The van der Waals surface area contributed by atoms with Crippen LogP contribution in [0.2, 0.25) is 0 Å². The van der Waals surface area contributed by atoms with Crippen LogP contribution in [0.15, 0.2) is 291 Å². The van der Waals surface area contributed by atoms with Crippen molar-refractivity contribution in [1.82, 2.24) is 0 Å². The molecule has 0 amide bonds. The molecule has 0 heteroatoms. The first kappa shape index (κ1) is 43.2. The van der Waals surface area contributed by atoms with Crippen LogP contribution in [0.5, 0.6) is 0 Å². The van der Waals surface area contributed by atoms with E-state index in [1.165, 1.54) is 143 Å². The Hall–Kier alpha value is -9.62. The summed E-state index contributed by atoms with van der Waals surface area (Å²) in [6.07, 6.45) is 0. The number of hydrogen-bond acceptors (Lipinski definition) is 0. The molecule has 0 saturated carbocycles. The lowest BCUT2D eigenvalue weighted by atomic mass is 9.85. The van der Waals surface area contributed by atoms with Crippen LogP contribution in [0, 0.1) is 0 Å². The molecule has 14 aromatic rings. The van der Waals surface area contributed by atoms with Gasteiger partial charge in [-0.2, -0.15) is 0 Å². The molecule has 0 spiro atoms. The molecule has 74 heavy (non-hydrogen) atoms. The lowest BCUT2D eigenvalue weighted by Gasteiger charge is -2.18. The highest BCUT2D eigenvalue weighted by atomic mass is 14.2. The first-order valence-corrected chi connectivity index (χ1v) is 25.6. The SMILES string of the molecule is c1ccc(-c2cccc(-c3c4ccccc4c(-c4ccc(-c5ccc6cc(-c7ccc(-c8c9ccccc9c(-c9cccc(-c%10ccccc%10)c9)c9ccccc89)cc7)ccc6c5)cc4)c4ccccc34)c2)cc1. The van der Waals surface area contributed by atoms with E-state index < -0.39 is 0 Å². The van der Waals surface area contributed by atoms with E-state index in [1.54, 1.807) is 0 Å². The zero-order valence-corrected chi connectivity index (χ0v) is 40.7. The predicted octanol–water partition coefficient (Wildman–Crippen LogP) is 20.8. The molecule has 14 rings (SSSR count). The van der Waals surface area contributed by atoms with Crippen LogP contribution in [-0.4, -0.2) is 0 Å². The second-order valence-corrected chi connectivity index (χ2v) is 19.5. The molecular formula is C74H48. The Balaban J connectivity index is 0.773. The molecule has 0 heterocycles. The minimum atomic E-state index is 1.20. The van der Waals surface area contributed by atoms with E-state index in [2.05, 4.69) is 291 Å². The molecule has 0 atom stereocenters. The summed E-state index contributed by atoms with van der Waals surface area (Å²) in [7, 11) is 0. The zero-order chi connectivity index (χ0) is 49.0. The van der Waals surface area contributed by atoms with Crippen LogP contribution in [0.25, 0.3) is 143 Å². The quantitative estimate of drug-likeness (QED) is 0.133. The molecule has 0 unspecified atom stereocenters. The van der Waals surface area contributed by atoms with E-state index in [0.29, 0.717) is 0 Å². The molecule has 0 aromatic heterocycles. The Morgan fingerprint density at radius 2 is 0.338 bits per heavy atom. The molecule has 0 bridgehead atoms. The highest BCUT2D eigenvalue weighted by Gasteiger charge is 2.19. The number of benzene rings is 14. The van der Waals surface area contributed by atoms with Gasteiger partial charge in [-0.15, -0.1) is 0 Å².